The number of rotatable bonds is 6. The Labute approximate surface area is 190 Å². The van der Waals surface area contributed by atoms with E-state index in [-0.39, 0.29) is 29.4 Å². The molecule has 1 aromatic carbocycles. The van der Waals surface area contributed by atoms with Gasteiger partial charge in [0.1, 0.15) is 17.9 Å². The molecular formula is C26H36N2O4. The van der Waals surface area contributed by atoms with Crippen molar-refractivity contribution in [3.8, 4) is 5.75 Å². The van der Waals surface area contributed by atoms with Crippen LogP contribution in [0, 0.1) is 13.8 Å². The van der Waals surface area contributed by atoms with Gasteiger partial charge in [-0.05, 0) is 90.1 Å². The van der Waals surface area contributed by atoms with Crippen LogP contribution < -0.4 is 21.0 Å². The number of amides is 1. The van der Waals surface area contributed by atoms with Gasteiger partial charge in [0.05, 0.1) is 17.4 Å². The zero-order valence-corrected chi connectivity index (χ0v) is 20.4. The molecule has 1 amide bonds. The Kier molecular flexibility index (Phi) is 6.57. The van der Waals surface area contributed by atoms with Crippen LogP contribution in [0.5, 0.6) is 5.75 Å². The monoisotopic (exact) mass is 440 g/mol. The Morgan fingerprint density at radius 2 is 1.84 bits per heavy atom. The number of carbonyl (C=O) groups is 1. The second kappa shape index (κ2) is 8.74. The van der Waals surface area contributed by atoms with Crippen LogP contribution in [-0.2, 0) is 11.2 Å². The Bertz CT molecular complexity index is 1090. The minimum atomic E-state index is -0.479. The fourth-order valence-corrected chi connectivity index (χ4v) is 5.02. The Morgan fingerprint density at radius 1 is 1.22 bits per heavy atom. The summed E-state index contributed by atoms with van der Waals surface area (Å²) in [5.74, 6) is 0.461. The van der Waals surface area contributed by atoms with Gasteiger partial charge in [0.25, 0.3) is 0 Å². The summed E-state index contributed by atoms with van der Waals surface area (Å²) in [5, 5.41) is 7.49. The molecule has 0 atom stereocenters. The molecule has 2 N–H and O–H groups in total. The predicted molar refractivity (Wildman–Crippen MR) is 128 cm³/mol. The summed E-state index contributed by atoms with van der Waals surface area (Å²) in [6, 6.07) is 3.78. The minimum Gasteiger partial charge on any atom is -0.488 e. The molecule has 0 saturated carbocycles. The molecule has 32 heavy (non-hydrogen) atoms. The van der Waals surface area contributed by atoms with Gasteiger partial charge in [0.15, 0.2) is 0 Å². The van der Waals surface area contributed by atoms with E-state index < -0.39 is 5.63 Å². The van der Waals surface area contributed by atoms with Gasteiger partial charge < -0.3 is 19.8 Å². The van der Waals surface area contributed by atoms with Crippen molar-refractivity contribution in [2.24, 2.45) is 0 Å². The fourth-order valence-electron chi connectivity index (χ4n) is 5.02. The summed E-state index contributed by atoms with van der Waals surface area (Å²) in [6.45, 7) is 18.5. The highest BCUT2D eigenvalue weighted by Crippen LogP contribution is 2.32. The summed E-state index contributed by atoms with van der Waals surface area (Å²) in [7, 11) is 0. The van der Waals surface area contributed by atoms with Crippen molar-refractivity contribution >= 4 is 16.9 Å². The molecule has 1 aliphatic heterocycles. The number of hydrogen-bond acceptors (Lipinski definition) is 5. The molecule has 2 aromatic rings. The van der Waals surface area contributed by atoms with Crippen LogP contribution in [0.3, 0.4) is 0 Å². The predicted octanol–water partition coefficient (Wildman–Crippen LogP) is 4.33. The first-order chi connectivity index (χ1) is 14.8. The molecule has 1 aliphatic rings. The standard InChI is InChI=1S/C26H36N2O4/c1-15(2)14-31-20-9-16(3)10-21-23(20)17(4)19(24(30)32-21)11-22(29)27-18-12-25(5,6)28-26(7,8)13-18/h9-10,18,28H,1,11-14H2,2-8H3,(H,27,29). The zero-order valence-electron chi connectivity index (χ0n) is 20.4. The number of nitrogens with one attached hydrogen (secondary N) is 2. The van der Waals surface area contributed by atoms with E-state index in [4.69, 9.17) is 9.15 Å². The average molecular weight is 441 g/mol. The smallest absolute Gasteiger partial charge is 0.340 e. The van der Waals surface area contributed by atoms with E-state index in [9.17, 15) is 9.59 Å². The second-order valence-electron chi connectivity index (χ2n) is 10.6. The SMILES string of the molecule is C=C(C)COc1cc(C)cc2oc(=O)c(CC(=O)NC3CC(C)(C)NC(C)(C)C3)c(C)c12. The van der Waals surface area contributed by atoms with Gasteiger partial charge in [0.2, 0.25) is 5.91 Å². The number of piperidine rings is 1. The summed E-state index contributed by atoms with van der Waals surface area (Å²) >= 11 is 0. The van der Waals surface area contributed by atoms with Crippen molar-refractivity contribution in [1.29, 1.82) is 0 Å². The number of hydrogen-bond donors (Lipinski definition) is 2. The lowest BCUT2D eigenvalue weighted by molar-refractivity contribution is -0.121. The summed E-state index contributed by atoms with van der Waals surface area (Å²) in [6.07, 6.45) is 1.62. The van der Waals surface area contributed by atoms with Crippen LogP contribution in [0.1, 0.15) is 64.2 Å². The van der Waals surface area contributed by atoms with E-state index in [2.05, 4.69) is 44.9 Å². The van der Waals surface area contributed by atoms with Gasteiger partial charge in [-0.3, -0.25) is 4.79 Å². The average Bonchev–Trinajstić information content (AvgIpc) is 2.59. The van der Waals surface area contributed by atoms with Crippen molar-refractivity contribution in [1.82, 2.24) is 10.6 Å². The highest BCUT2D eigenvalue weighted by atomic mass is 16.5. The maximum absolute atomic E-state index is 12.9. The highest BCUT2D eigenvalue weighted by molar-refractivity contribution is 5.89. The Morgan fingerprint density at radius 3 is 2.44 bits per heavy atom. The van der Waals surface area contributed by atoms with Crippen LogP contribution >= 0.6 is 0 Å². The third-order valence-corrected chi connectivity index (χ3v) is 5.85. The van der Waals surface area contributed by atoms with Gasteiger partial charge >= 0.3 is 5.63 Å². The first-order valence-electron chi connectivity index (χ1n) is 11.2. The van der Waals surface area contributed by atoms with Gasteiger partial charge in [-0.25, -0.2) is 4.79 Å². The van der Waals surface area contributed by atoms with Crippen molar-refractivity contribution in [3.63, 3.8) is 0 Å². The molecule has 0 aliphatic carbocycles. The lowest BCUT2D eigenvalue weighted by Gasteiger charge is -2.46. The lowest BCUT2D eigenvalue weighted by atomic mass is 9.79. The molecule has 0 bridgehead atoms. The molecule has 0 unspecified atom stereocenters. The normalized spacial score (nSPS) is 17.8. The van der Waals surface area contributed by atoms with Crippen LogP contribution in [0.15, 0.2) is 33.5 Å². The van der Waals surface area contributed by atoms with Crippen molar-refractivity contribution in [3.05, 3.63) is 51.4 Å². The molecule has 0 spiro atoms. The highest BCUT2D eigenvalue weighted by Gasteiger charge is 2.38. The molecule has 0 radical (unpaired) electrons. The van der Waals surface area contributed by atoms with Crippen molar-refractivity contribution in [2.45, 2.75) is 84.8 Å². The zero-order chi connectivity index (χ0) is 23.8. The third-order valence-electron chi connectivity index (χ3n) is 5.85. The van der Waals surface area contributed by atoms with Gasteiger partial charge in [-0.1, -0.05) is 6.58 Å². The molecule has 6 nitrogen and oxygen atoms in total. The van der Waals surface area contributed by atoms with Crippen molar-refractivity contribution in [2.75, 3.05) is 6.61 Å². The molecule has 6 heteroatoms. The number of ether oxygens (including phenoxy) is 1. The number of carbonyl (C=O) groups excluding carboxylic acids is 1. The quantitative estimate of drug-likeness (QED) is 0.516. The molecule has 174 valence electrons. The number of benzene rings is 1. The molecule has 2 heterocycles. The first-order valence-corrected chi connectivity index (χ1v) is 11.2. The molecule has 3 rings (SSSR count). The topological polar surface area (TPSA) is 80.6 Å². The van der Waals surface area contributed by atoms with Gasteiger partial charge in [0, 0.05) is 17.1 Å². The Hall–Kier alpha value is -2.60. The lowest BCUT2D eigenvalue weighted by Crippen LogP contribution is -2.62. The van der Waals surface area contributed by atoms with E-state index >= 15 is 0 Å². The number of aryl methyl sites for hydroxylation is 2. The minimum absolute atomic E-state index is 0.0251. The molecule has 1 fully saturated rings. The maximum atomic E-state index is 12.9. The van der Waals surface area contributed by atoms with Crippen LogP contribution in [-0.4, -0.2) is 29.6 Å². The van der Waals surface area contributed by atoms with Crippen molar-refractivity contribution < 1.29 is 13.9 Å². The fraction of sp³-hybridized carbons (Fsp3) is 0.538. The largest absolute Gasteiger partial charge is 0.488 e. The molecule has 1 saturated heterocycles. The van der Waals surface area contributed by atoms with Crippen LogP contribution in [0.2, 0.25) is 0 Å². The summed E-state index contributed by atoms with van der Waals surface area (Å²) in [5.41, 5.74) is 2.74. The molecular weight excluding hydrogens is 404 g/mol. The van der Waals surface area contributed by atoms with E-state index in [1.165, 1.54) is 0 Å². The Balaban J connectivity index is 1.89. The first kappa shape index (κ1) is 24.1. The van der Waals surface area contributed by atoms with Gasteiger partial charge in [-0.15, -0.1) is 0 Å². The summed E-state index contributed by atoms with van der Waals surface area (Å²) < 4.78 is 11.6. The third kappa shape index (κ3) is 5.60. The number of fused-ring (bicyclic) bond motifs is 1. The maximum Gasteiger partial charge on any atom is 0.340 e. The van der Waals surface area contributed by atoms with Crippen LogP contribution in [0.25, 0.3) is 11.0 Å². The van der Waals surface area contributed by atoms with Crippen LogP contribution in [0.4, 0.5) is 0 Å². The van der Waals surface area contributed by atoms with Gasteiger partial charge in [-0.2, -0.15) is 0 Å². The van der Waals surface area contributed by atoms with E-state index in [0.29, 0.717) is 29.1 Å². The molecule has 1 aromatic heterocycles. The summed E-state index contributed by atoms with van der Waals surface area (Å²) in [4.78, 5) is 25.7. The van der Waals surface area contributed by atoms with E-state index in [1.54, 1.807) is 0 Å². The second-order valence-corrected chi connectivity index (χ2v) is 10.6. The van der Waals surface area contributed by atoms with E-state index in [1.807, 2.05) is 32.9 Å². The van der Waals surface area contributed by atoms with E-state index in [0.717, 1.165) is 29.4 Å².